The largest absolute Gasteiger partial charge is 0.462 e. The average Bonchev–Trinajstić information content (AvgIpc) is 3.17. The Morgan fingerprint density at radius 2 is 0.611 bits per heavy atom. The molecule has 0 rings (SSSR count). The molecule has 318 valence electrons. The summed E-state index contributed by atoms with van der Waals surface area (Å²) in [6.45, 7) is 6.55. The molecule has 0 N–H and O–H groups in total. The SMILES string of the molecule is CCCCCCCCCC/C=C\CCCCCCCCCCCC(=O)OCC(COC(=O)CCCCCCC)OC(=O)CCCCCCCCCCCC. The van der Waals surface area contributed by atoms with Gasteiger partial charge in [0.2, 0.25) is 0 Å². The van der Waals surface area contributed by atoms with Gasteiger partial charge in [-0.05, 0) is 44.9 Å². The van der Waals surface area contributed by atoms with Crippen LogP contribution in [-0.2, 0) is 28.6 Å². The van der Waals surface area contributed by atoms with Crippen molar-refractivity contribution >= 4 is 17.9 Å². The lowest BCUT2D eigenvalue weighted by Crippen LogP contribution is -2.30. The molecule has 0 radical (unpaired) electrons. The first kappa shape index (κ1) is 52.2. The zero-order chi connectivity index (χ0) is 39.4. The molecule has 0 amide bonds. The number of carbonyl (C=O) groups is 3. The van der Waals surface area contributed by atoms with Gasteiger partial charge in [0.05, 0.1) is 0 Å². The van der Waals surface area contributed by atoms with Crippen LogP contribution in [0.1, 0.15) is 258 Å². The molecule has 0 aromatic heterocycles. The molecule has 0 aliphatic heterocycles. The van der Waals surface area contributed by atoms with E-state index in [9.17, 15) is 14.4 Å². The monoisotopic (exact) mass is 763 g/mol. The maximum Gasteiger partial charge on any atom is 0.306 e. The third-order valence-corrected chi connectivity index (χ3v) is 10.5. The van der Waals surface area contributed by atoms with Crippen LogP contribution >= 0.6 is 0 Å². The van der Waals surface area contributed by atoms with Crippen molar-refractivity contribution in [1.82, 2.24) is 0 Å². The Balaban J connectivity index is 4.07. The number of ether oxygens (including phenoxy) is 3. The molecule has 0 aliphatic carbocycles. The van der Waals surface area contributed by atoms with Gasteiger partial charge in [-0.25, -0.2) is 0 Å². The average molecular weight is 763 g/mol. The fourth-order valence-electron chi connectivity index (χ4n) is 6.91. The van der Waals surface area contributed by atoms with Gasteiger partial charge in [0.15, 0.2) is 6.10 Å². The molecule has 0 aromatic carbocycles. The normalized spacial score (nSPS) is 12.0. The van der Waals surface area contributed by atoms with E-state index in [1.807, 2.05) is 0 Å². The molecule has 0 fully saturated rings. The number of hydrogen-bond acceptors (Lipinski definition) is 6. The van der Waals surface area contributed by atoms with Crippen molar-refractivity contribution in [1.29, 1.82) is 0 Å². The van der Waals surface area contributed by atoms with E-state index in [4.69, 9.17) is 14.2 Å². The Morgan fingerprint density at radius 3 is 0.926 bits per heavy atom. The zero-order valence-corrected chi connectivity index (χ0v) is 36.3. The van der Waals surface area contributed by atoms with Crippen LogP contribution < -0.4 is 0 Å². The van der Waals surface area contributed by atoms with Crippen molar-refractivity contribution in [3.05, 3.63) is 12.2 Å². The second-order valence-corrected chi connectivity index (χ2v) is 16.0. The van der Waals surface area contributed by atoms with Crippen LogP contribution in [0.4, 0.5) is 0 Å². The van der Waals surface area contributed by atoms with Gasteiger partial charge >= 0.3 is 17.9 Å². The summed E-state index contributed by atoms with van der Waals surface area (Å²) in [5, 5.41) is 0. The second kappa shape index (κ2) is 43.9. The smallest absolute Gasteiger partial charge is 0.306 e. The van der Waals surface area contributed by atoms with Crippen molar-refractivity contribution in [3.63, 3.8) is 0 Å². The van der Waals surface area contributed by atoms with Crippen molar-refractivity contribution < 1.29 is 28.6 Å². The summed E-state index contributed by atoms with van der Waals surface area (Å²) in [5.41, 5.74) is 0. The molecule has 1 unspecified atom stereocenters. The first-order valence-corrected chi connectivity index (χ1v) is 23.7. The van der Waals surface area contributed by atoms with Gasteiger partial charge in [0.1, 0.15) is 13.2 Å². The highest BCUT2D eigenvalue weighted by Crippen LogP contribution is 2.15. The Kier molecular flexibility index (Phi) is 42.4. The molecule has 0 bridgehead atoms. The molecule has 0 aliphatic rings. The van der Waals surface area contributed by atoms with Crippen LogP contribution in [0.3, 0.4) is 0 Å². The first-order valence-electron chi connectivity index (χ1n) is 23.7. The first-order chi connectivity index (χ1) is 26.5. The molecular formula is C48H90O6. The van der Waals surface area contributed by atoms with E-state index < -0.39 is 6.10 Å². The molecule has 1 atom stereocenters. The topological polar surface area (TPSA) is 78.9 Å². The molecule has 54 heavy (non-hydrogen) atoms. The number of esters is 3. The van der Waals surface area contributed by atoms with Crippen LogP contribution in [0.25, 0.3) is 0 Å². The predicted molar refractivity (Wildman–Crippen MR) is 229 cm³/mol. The summed E-state index contributed by atoms with van der Waals surface area (Å²) in [6, 6.07) is 0. The fourth-order valence-corrected chi connectivity index (χ4v) is 6.91. The van der Waals surface area contributed by atoms with Crippen molar-refractivity contribution in [2.24, 2.45) is 0 Å². The second-order valence-electron chi connectivity index (χ2n) is 16.0. The van der Waals surface area contributed by atoms with E-state index in [0.717, 1.165) is 64.2 Å². The Morgan fingerprint density at radius 1 is 0.352 bits per heavy atom. The minimum Gasteiger partial charge on any atom is -0.462 e. The number of hydrogen-bond donors (Lipinski definition) is 0. The standard InChI is InChI=1S/C48H90O6/c1-4-7-10-13-15-17-19-20-21-22-23-24-25-26-27-28-29-31-32-35-38-41-47(50)53-44-45(43-52-46(49)40-37-34-12-9-6-3)54-48(51)42-39-36-33-30-18-16-14-11-8-5-2/h22-23,45H,4-21,24-44H2,1-3H3/b23-22-. The lowest BCUT2D eigenvalue weighted by atomic mass is 10.1. The van der Waals surface area contributed by atoms with Gasteiger partial charge in [0.25, 0.3) is 0 Å². The summed E-state index contributed by atoms with van der Waals surface area (Å²) in [7, 11) is 0. The van der Waals surface area contributed by atoms with Gasteiger partial charge in [0, 0.05) is 19.3 Å². The highest BCUT2D eigenvalue weighted by molar-refractivity contribution is 5.71. The Labute approximate surface area is 335 Å². The maximum atomic E-state index is 12.6. The number of unbranched alkanes of at least 4 members (excludes halogenated alkanes) is 30. The summed E-state index contributed by atoms with van der Waals surface area (Å²) >= 11 is 0. The van der Waals surface area contributed by atoms with E-state index in [1.54, 1.807) is 0 Å². The number of allylic oxidation sites excluding steroid dienone is 2. The van der Waals surface area contributed by atoms with Gasteiger partial charge < -0.3 is 14.2 Å². The lowest BCUT2D eigenvalue weighted by molar-refractivity contribution is -0.167. The van der Waals surface area contributed by atoms with Crippen molar-refractivity contribution in [2.75, 3.05) is 13.2 Å². The van der Waals surface area contributed by atoms with Crippen LogP contribution in [-0.4, -0.2) is 37.2 Å². The van der Waals surface area contributed by atoms with Crippen LogP contribution in [0.2, 0.25) is 0 Å². The highest BCUT2D eigenvalue weighted by Gasteiger charge is 2.19. The van der Waals surface area contributed by atoms with Crippen molar-refractivity contribution in [3.8, 4) is 0 Å². The third-order valence-electron chi connectivity index (χ3n) is 10.5. The van der Waals surface area contributed by atoms with E-state index in [0.29, 0.717) is 19.3 Å². The maximum absolute atomic E-state index is 12.6. The molecule has 6 heteroatoms. The third kappa shape index (κ3) is 41.3. The van der Waals surface area contributed by atoms with Gasteiger partial charge in [-0.15, -0.1) is 0 Å². The van der Waals surface area contributed by atoms with E-state index >= 15 is 0 Å². The van der Waals surface area contributed by atoms with Crippen LogP contribution in [0, 0.1) is 0 Å². The summed E-state index contributed by atoms with van der Waals surface area (Å²) in [5.74, 6) is -0.877. The number of rotatable bonds is 43. The number of carbonyl (C=O) groups excluding carboxylic acids is 3. The molecule has 0 spiro atoms. The zero-order valence-electron chi connectivity index (χ0n) is 36.3. The minimum atomic E-state index is -0.760. The van der Waals surface area contributed by atoms with E-state index in [-0.39, 0.29) is 31.1 Å². The van der Waals surface area contributed by atoms with Gasteiger partial charge in [-0.3, -0.25) is 14.4 Å². The predicted octanol–water partition coefficient (Wildman–Crippen LogP) is 15.0. The summed E-state index contributed by atoms with van der Waals surface area (Å²) < 4.78 is 16.6. The molecule has 0 heterocycles. The molecule has 6 nitrogen and oxygen atoms in total. The molecule has 0 saturated carbocycles. The molecule has 0 saturated heterocycles. The summed E-state index contributed by atoms with van der Waals surface area (Å²) in [6.07, 6.45) is 46.6. The Hall–Kier alpha value is -1.85. The minimum absolute atomic E-state index is 0.0680. The fraction of sp³-hybridized carbons (Fsp3) is 0.896. The van der Waals surface area contributed by atoms with E-state index in [1.165, 1.54) is 154 Å². The molecule has 0 aromatic rings. The quantitative estimate of drug-likeness (QED) is 0.0266. The lowest BCUT2D eigenvalue weighted by Gasteiger charge is -2.18. The van der Waals surface area contributed by atoms with Gasteiger partial charge in [-0.1, -0.05) is 206 Å². The van der Waals surface area contributed by atoms with Crippen LogP contribution in [0.5, 0.6) is 0 Å². The molecular weight excluding hydrogens is 673 g/mol. The highest BCUT2D eigenvalue weighted by atomic mass is 16.6. The Bertz CT molecular complexity index is 839. The van der Waals surface area contributed by atoms with Gasteiger partial charge in [-0.2, -0.15) is 0 Å². The van der Waals surface area contributed by atoms with Crippen LogP contribution in [0.15, 0.2) is 12.2 Å². The van der Waals surface area contributed by atoms with E-state index in [2.05, 4.69) is 32.9 Å². The van der Waals surface area contributed by atoms with Crippen molar-refractivity contribution in [2.45, 2.75) is 264 Å². The summed E-state index contributed by atoms with van der Waals surface area (Å²) in [4.78, 5) is 37.4.